The standard InChI is InChI=1S/C13H19N5O/c1-2-6-14-12-10-8-17-18(13(10)16-9-15-12)11-5-3-4-7-19-11/h8-9,11H,2-7H2,1H3,(H,14,15,16)/t11-/m0/s1. The molecule has 1 saturated heterocycles. The number of nitrogens with one attached hydrogen (secondary N) is 1. The molecule has 6 nitrogen and oxygen atoms in total. The number of anilines is 1. The summed E-state index contributed by atoms with van der Waals surface area (Å²) in [7, 11) is 0. The van der Waals surface area contributed by atoms with Crippen molar-refractivity contribution in [2.24, 2.45) is 0 Å². The second-order valence-electron chi connectivity index (χ2n) is 4.80. The van der Waals surface area contributed by atoms with Crippen molar-refractivity contribution in [1.29, 1.82) is 0 Å². The van der Waals surface area contributed by atoms with Crippen LogP contribution >= 0.6 is 0 Å². The van der Waals surface area contributed by atoms with Crippen LogP contribution in [0.3, 0.4) is 0 Å². The van der Waals surface area contributed by atoms with Gasteiger partial charge in [0.15, 0.2) is 11.9 Å². The molecule has 0 bridgehead atoms. The number of hydrogen-bond acceptors (Lipinski definition) is 5. The van der Waals surface area contributed by atoms with Crippen LogP contribution in [0.15, 0.2) is 12.5 Å². The number of hydrogen-bond donors (Lipinski definition) is 1. The molecule has 1 atom stereocenters. The zero-order valence-electron chi connectivity index (χ0n) is 11.2. The van der Waals surface area contributed by atoms with Gasteiger partial charge in [-0.1, -0.05) is 6.92 Å². The Hall–Kier alpha value is -1.69. The van der Waals surface area contributed by atoms with E-state index >= 15 is 0 Å². The Bertz CT molecular complexity index is 547. The van der Waals surface area contributed by atoms with Gasteiger partial charge in [-0.15, -0.1) is 0 Å². The first-order valence-corrected chi connectivity index (χ1v) is 6.94. The maximum Gasteiger partial charge on any atom is 0.165 e. The second kappa shape index (κ2) is 5.52. The average Bonchev–Trinajstić information content (AvgIpc) is 2.90. The lowest BCUT2D eigenvalue weighted by Gasteiger charge is -2.22. The maximum absolute atomic E-state index is 5.77. The van der Waals surface area contributed by atoms with Crippen LogP contribution < -0.4 is 5.32 Å². The zero-order chi connectivity index (χ0) is 13.1. The van der Waals surface area contributed by atoms with Gasteiger partial charge >= 0.3 is 0 Å². The summed E-state index contributed by atoms with van der Waals surface area (Å²) in [5, 5.41) is 8.71. The summed E-state index contributed by atoms with van der Waals surface area (Å²) < 4.78 is 7.65. The molecular formula is C13H19N5O. The molecule has 0 aliphatic carbocycles. The molecule has 19 heavy (non-hydrogen) atoms. The molecule has 0 spiro atoms. The molecule has 0 amide bonds. The minimum Gasteiger partial charge on any atom is -0.369 e. The van der Waals surface area contributed by atoms with Crippen molar-refractivity contribution in [3.63, 3.8) is 0 Å². The molecule has 0 aromatic carbocycles. The fourth-order valence-corrected chi connectivity index (χ4v) is 2.37. The SMILES string of the molecule is CCCNc1ncnc2c1cnn2[C@@H]1CCCCO1. The number of rotatable bonds is 4. The molecule has 1 N–H and O–H groups in total. The van der Waals surface area contributed by atoms with Gasteiger partial charge in [-0.05, 0) is 25.7 Å². The summed E-state index contributed by atoms with van der Waals surface area (Å²) in [6.45, 7) is 3.83. The van der Waals surface area contributed by atoms with Crippen LogP contribution in [0.2, 0.25) is 0 Å². The van der Waals surface area contributed by atoms with E-state index in [0.29, 0.717) is 0 Å². The summed E-state index contributed by atoms with van der Waals surface area (Å²) in [4.78, 5) is 8.64. The topological polar surface area (TPSA) is 64.9 Å². The van der Waals surface area contributed by atoms with Gasteiger partial charge in [0, 0.05) is 13.2 Å². The summed E-state index contributed by atoms with van der Waals surface area (Å²) in [5.41, 5.74) is 0.848. The van der Waals surface area contributed by atoms with Gasteiger partial charge in [0.2, 0.25) is 0 Å². The van der Waals surface area contributed by atoms with Crippen LogP contribution in [0.25, 0.3) is 11.0 Å². The van der Waals surface area contributed by atoms with E-state index in [4.69, 9.17) is 4.74 Å². The largest absolute Gasteiger partial charge is 0.369 e. The fraction of sp³-hybridized carbons (Fsp3) is 0.615. The summed E-state index contributed by atoms with van der Waals surface area (Å²) in [6, 6.07) is 0. The smallest absolute Gasteiger partial charge is 0.165 e. The van der Waals surface area contributed by atoms with Gasteiger partial charge in [0.1, 0.15) is 12.1 Å². The van der Waals surface area contributed by atoms with E-state index in [2.05, 4.69) is 27.3 Å². The second-order valence-corrected chi connectivity index (χ2v) is 4.80. The summed E-state index contributed by atoms with van der Waals surface area (Å²) >= 11 is 0. The molecule has 0 saturated carbocycles. The van der Waals surface area contributed by atoms with Gasteiger partial charge in [0.05, 0.1) is 11.6 Å². The minimum absolute atomic E-state index is 0.0141. The Morgan fingerprint density at radius 2 is 2.37 bits per heavy atom. The highest BCUT2D eigenvalue weighted by Gasteiger charge is 2.20. The van der Waals surface area contributed by atoms with Crippen LogP contribution in [0.5, 0.6) is 0 Å². The van der Waals surface area contributed by atoms with Crippen molar-refractivity contribution in [3.8, 4) is 0 Å². The molecule has 3 heterocycles. The van der Waals surface area contributed by atoms with E-state index < -0.39 is 0 Å². The van der Waals surface area contributed by atoms with Crippen molar-refractivity contribution in [2.45, 2.75) is 38.8 Å². The van der Waals surface area contributed by atoms with E-state index in [1.807, 2.05) is 10.9 Å². The maximum atomic E-state index is 5.77. The van der Waals surface area contributed by atoms with Gasteiger partial charge in [0.25, 0.3) is 0 Å². The van der Waals surface area contributed by atoms with E-state index in [0.717, 1.165) is 49.3 Å². The van der Waals surface area contributed by atoms with Crippen LogP contribution in [-0.4, -0.2) is 32.9 Å². The Kier molecular flexibility index (Phi) is 3.59. The third kappa shape index (κ3) is 2.40. The average molecular weight is 261 g/mol. The monoisotopic (exact) mass is 261 g/mol. The van der Waals surface area contributed by atoms with Crippen molar-refractivity contribution < 1.29 is 4.74 Å². The molecule has 6 heteroatoms. The van der Waals surface area contributed by atoms with Gasteiger partial charge in [-0.2, -0.15) is 5.10 Å². The Balaban J connectivity index is 1.94. The van der Waals surface area contributed by atoms with E-state index in [1.165, 1.54) is 6.42 Å². The zero-order valence-corrected chi connectivity index (χ0v) is 11.2. The molecular weight excluding hydrogens is 242 g/mol. The first-order chi connectivity index (χ1) is 9.40. The Morgan fingerprint density at radius 1 is 1.42 bits per heavy atom. The number of ether oxygens (including phenoxy) is 1. The minimum atomic E-state index is 0.0141. The fourth-order valence-electron chi connectivity index (χ4n) is 2.37. The van der Waals surface area contributed by atoms with Crippen LogP contribution in [0.1, 0.15) is 38.8 Å². The van der Waals surface area contributed by atoms with Crippen molar-refractivity contribution in [1.82, 2.24) is 19.7 Å². The predicted octanol–water partition coefficient (Wildman–Crippen LogP) is 2.35. The lowest BCUT2D eigenvalue weighted by Crippen LogP contribution is -2.19. The molecule has 1 fully saturated rings. The molecule has 0 radical (unpaired) electrons. The molecule has 3 rings (SSSR count). The number of fused-ring (bicyclic) bond motifs is 1. The summed E-state index contributed by atoms with van der Waals surface area (Å²) in [5.74, 6) is 0.855. The van der Waals surface area contributed by atoms with Crippen LogP contribution in [-0.2, 0) is 4.74 Å². The highest BCUT2D eigenvalue weighted by atomic mass is 16.5. The molecule has 2 aromatic heterocycles. The number of nitrogens with zero attached hydrogens (tertiary/aromatic N) is 4. The Labute approximate surface area is 112 Å². The third-order valence-electron chi connectivity index (χ3n) is 3.36. The van der Waals surface area contributed by atoms with Crippen LogP contribution in [0, 0.1) is 0 Å². The lowest BCUT2D eigenvalue weighted by molar-refractivity contribution is -0.0370. The van der Waals surface area contributed by atoms with Crippen molar-refractivity contribution >= 4 is 16.9 Å². The van der Waals surface area contributed by atoms with Crippen molar-refractivity contribution in [3.05, 3.63) is 12.5 Å². The normalized spacial score (nSPS) is 19.7. The predicted molar refractivity (Wildman–Crippen MR) is 72.9 cm³/mol. The lowest BCUT2D eigenvalue weighted by atomic mass is 10.2. The van der Waals surface area contributed by atoms with E-state index in [9.17, 15) is 0 Å². The summed E-state index contributed by atoms with van der Waals surface area (Å²) in [6.07, 6.45) is 7.79. The molecule has 1 aliphatic heterocycles. The van der Waals surface area contributed by atoms with E-state index in [1.54, 1.807) is 6.33 Å². The van der Waals surface area contributed by atoms with Gasteiger partial charge in [-0.3, -0.25) is 0 Å². The molecule has 2 aromatic rings. The number of aromatic nitrogens is 4. The molecule has 1 aliphatic rings. The molecule has 0 unspecified atom stereocenters. The molecule has 102 valence electrons. The Morgan fingerprint density at radius 3 is 3.16 bits per heavy atom. The van der Waals surface area contributed by atoms with Crippen LogP contribution in [0.4, 0.5) is 5.82 Å². The van der Waals surface area contributed by atoms with Gasteiger partial charge in [-0.25, -0.2) is 14.6 Å². The highest BCUT2D eigenvalue weighted by molar-refractivity contribution is 5.86. The first kappa shape index (κ1) is 12.3. The van der Waals surface area contributed by atoms with E-state index in [-0.39, 0.29) is 6.23 Å². The third-order valence-corrected chi connectivity index (χ3v) is 3.36. The first-order valence-electron chi connectivity index (χ1n) is 6.94. The van der Waals surface area contributed by atoms with Crippen molar-refractivity contribution in [2.75, 3.05) is 18.5 Å². The van der Waals surface area contributed by atoms with Gasteiger partial charge < -0.3 is 10.1 Å². The quantitative estimate of drug-likeness (QED) is 0.915. The highest BCUT2D eigenvalue weighted by Crippen LogP contribution is 2.27.